The summed E-state index contributed by atoms with van der Waals surface area (Å²) in [6, 6.07) is 5.97. The van der Waals surface area contributed by atoms with Gasteiger partial charge in [0, 0.05) is 23.9 Å². The van der Waals surface area contributed by atoms with E-state index in [1.807, 2.05) is 6.26 Å². The Morgan fingerprint density at radius 3 is 2.57 bits per heavy atom. The lowest BCUT2D eigenvalue weighted by Gasteiger charge is -2.10. The van der Waals surface area contributed by atoms with Crippen molar-refractivity contribution in [1.29, 1.82) is 0 Å². The fourth-order valence-electron chi connectivity index (χ4n) is 1.60. The minimum absolute atomic E-state index is 0.0387. The maximum absolute atomic E-state index is 12.1. The Kier molecular flexibility index (Phi) is 7.00. The van der Waals surface area contributed by atoms with Crippen molar-refractivity contribution >= 4 is 27.4 Å². The lowest BCUT2D eigenvalue weighted by molar-refractivity contribution is 0.318. The molecule has 0 radical (unpaired) electrons. The Bertz CT molecular complexity index is 571. The highest BCUT2D eigenvalue weighted by molar-refractivity contribution is 7.99. The number of hydrogen-bond acceptors (Lipinski definition) is 6. The average Bonchev–Trinajstić information content (AvgIpc) is 2.50. The van der Waals surface area contributed by atoms with Crippen molar-refractivity contribution in [2.24, 2.45) is 10.9 Å². The molecule has 0 spiro atoms. The van der Waals surface area contributed by atoms with Gasteiger partial charge in [-0.25, -0.2) is 8.42 Å². The Morgan fingerprint density at radius 2 is 2.05 bits per heavy atom. The number of thioether (sulfide) groups is 1. The van der Waals surface area contributed by atoms with Gasteiger partial charge in [-0.2, -0.15) is 11.8 Å². The van der Waals surface area contributed by atoms with E-state index >= 15 is 0 Å². The highest BCUT2D eigenvalue weighted by Crippen LogP contribution is 2.12. The number of rotatable bonds is 8. The Labute approximate surface area is 129 Å². The van der Waals surface area contributed by atoms with Crippen LogP contribution in [0.1, 0.15) is 12.5 Å². The number of oxime groups is 1. The number of nitrogens with two attached hydrogens (primary N) is 1. The first kappa shape index (κ1) is 17.8. The third-order valence-corrected chi connectivity index (χ3v) is 5.70. The van der Waals surface area contributed by atoms with Gasteiger partial charge in [0.25, 0.3) is 0 Å². The predicted octanol–water partition coefficient (Wildman–Crippen LogP) is 0.896. The topological polar surface area (TPSA) is 105 Å². The molecule has 6 nitrogen and oxygen atoms in total. The number of sulfone groups is 1. The van der Waals surface area contributed by atoms with Crippen LogP contribution in [-0.4, -0.2) is 49.8 Å². The van der Waals surface area contributed by atoms with Crippen LogP contribution in [0.15, 0.2) is 34.3 Å². The van der Waals surface area contributed by atoms with Gasteiger partial charge in [0.2, 0.25) is 0 Å². The van der Waals surface area contributed by atoms with Crippen LogP contribution in [-0.2, 0) is 9.84 Å². The summed E-state index contributed by atoms with van der Waals surface area (Å²) in [4.78, 5) is 0.233. The van der Waals surface area contributed by atoms with E-state index in [-0.39, 0.29) is 16.5 Å². The highest BCUT2D eigenvalue weighted by Gasteiger charge is 2.14. The summed E-state index contributed by atoms with van der Waals surface area (Å²) in [5, 5.41) is 15.0. The minimum Gasteiger partial charge on any atom is -0.409 e. The van der Waals surface area contributed by atoms with E-state index in [4.69, 9.17) is 10.9 Å². The molecule has 0 fully saturated rings. The van der Waals surface area contributed by atoms with Gasteiger partial charge in [0.15, 0.2) is 15.7 Å². The standard InChI is InChI=1S/C13H21N3O3S2/c1-10(20-2)9-15-7-8-21(18,19)12-5-3-11(4-6-12)13(14)16-17/h3-6,10,15,17H,7-9H2,1-2H3,(H2,14,16). The van der Waals surface area contributed by atoms with Crippen molar-refractivity contribution in [1.82, 2.24) is 5.32 Å². The Morgan fingerprint density at radius 1 is 1.43 bits per heavy atom. The van der Waals surface area contributed by atoms with Crippen LogP contribution in [0, 0.1) is 0 Å². The van der Waals surface area contributed by atoms with Gasteiger partial charge in [-0.05, 0) is 30.5 Å². The third kappa shape index (κ3) is 5.56. The van der Waals surface area contributed by atoms with Gasteiger partial charge in [-0.15, -0.1) is 0 Å². The molecule has 0 amide bonds. The quantitative estimate of drug-likeness (QED) is 0.215. The van der Waals surface area contributed by atoms with Crippen LogP contribution >= 0.6 is 11.8 Å². The van der Waals surface area contributed by atoms with Crippen LogP contribution in [0.25, 0.3) is 0 Å². The largest absolute Gasteiger partial charge is 0.409 e. The van der Waals surface area contributed by atoms with Crippen molar-refractivity contribution < 1.29 is 13.6 Å². The van der Waals surface area contributed by atoms with Gasteiger partial charge in [-0.1, -0.05) is 12.1 Å². The van der Waals surface area contributed by atoms with Gasteiger partial charge in [-0.3, -0.25) is 0 Å². The Balaban J connectivity index is 2.62. The summed E-state index contributed by atoms with van der Waals surface area (Å²) in [7, 11) is -3.33. The average molecular weight is 331 g/mol. The third-order valence-electron chi connectivity index (χ3n) is 3.00. The number of nitrogens with zero attached hydrogens (tertiary/aromatic N) is 1. The van der Waals surface area contributed by atoms with E-state index in [2.05, 4.69) is 17.4 Å². The number of benzene rings is 1. The molecule has 0 aliphatic heterocycles. The highest BCUT2D eigenvalue weighted by atomic mass is 32.2. The maximum Gasteiger partial charge on any atom is 0.179 e. The predicted molar refractivity (Wildman–Crippen MR) is 86.9 cm³/mol. The summed E-state index contributed by atoms with van der Waals surface area (Å²) in [5.74, 6) is -0.0107. The molecule has 0 aliphatic carbocycles. The lowest BCUT2D eigenvalue weighted by atomic mass is 10.2. The molecule has 1 aromatic carbocycles. The van der Waals surface area contributed by atoms with Crippen LogP contribution in [0.4, 0.5) is 0 Å². The van der Waals surface area contributed by atoms with E-state index < -0.39 is 9.84 Å². The summed E-state index contributed by atoms with van der Waals surface area (Å²) >= 11 is 1.73. The first-order valence-corrected chi connectivity index (χ1v) is 9.39. The molecule has 0 aromatic heterocycles. The molecule has 0 saturated carbocycles. The van der Waals surface area contributed by atoms with Crippen LogP contribution in [0.5, 0.6) is 0 Å². The molecule has 8 heteroatoms. The van der Waals surface area contributed by atoms with Crippen molar-refractivity contribution in [3.05, 3.63) is 29.8 Å². The van der Waals surface area contributed by atoms with E-state index in [0.29, 0.717) is 17.4 Å². The van der Waals surface area contributed by atoms with E-state index in [1.54, 1.807) is 11.8 Å². The molecule has 1 aromatic rings. The molecule has 4 N–H and O–H groups in total. The maximum atomic E-state index is 12.1. The lowest BCUT2D eigenvalue weighted by Crippen LogP contribution is -2.28. The smallest absolute Gasteiger partial charge is 0.179 e. The summed E-state index contributed by atoms with van der Waals surface area (Å²) in [5.41, 5.74) is 5.91. The second kappa shape index (κ2) is 8.26. The normalized spacial score (nSPS) is 14.1. The second-order valence-corrected chi connectivity index (χ2v) is 7.96. The minimum atomic E-state index is -3.33. The zero-order chi connectivity index (χ0) is 15.9. The van der Waals surface area contributed by atoms with Crippen LogP contribution in [0.2, 0.25) is 0 Å². The first-order chi connectivity index (χ1) is 9.90. The summed E-state index contributed by atoms with van der Waals surface area (Å²) in [6.07, 6.45) is 2.02. The Hall–Kier alpha value is -1.25. The SMILES string of the molecule is CSC(C)CNCCS(=O)(=O)c1ccc(/C(N)=N/O)cc1. The molecule has 0 aliphatic rings. The molecule has 21 heavy (non-hydrogen) atoms. The molecular weight excluding hydrogens is 310 g/mol. The first-order valence-electron chi connectivity index (χ1n) is 6.45. The van der Waals surface area contributed by atoms with Gasteiger partial charge in [0.1, 0.15) is 0 Å². The van der Waals surface area contributed by atoms with E-state index in [9.17, 15) is 8.42 Å². The van der Waals surface area contributed by atoms with Gasteiger partial charge >= 0.3 is 0 Å². The van der Waals surface area contributed by atoms with Crippen LogP contribution in [0.3, 0.4) is 0 Å². The van der Waals surface area contributed by atoms with E-state index in [0.717, 1.165) is 6.54 Å². The fourth-order valence-corrected chi connectivity index (χ4v) is 3.09. The number of hydrogen-bond donors (Lipinski definition) is 3. The molecule has 1 rings (SSSR count). The van der Waals surface area contributed by atoms with Crippen molar-refractivity contribution in [3.8, 4) is 0 Å². The van der Waals surface area contributed by atoms with Gasteiger partial charge < -0.3 is 16.3 Å². The number of amidine groups is 1. The molecule has 1 atom stereocenters. The van der Waals surface area contributed by atoms with Crippen LogP contribution < -0.4 is 11.1 Å². The van der Waals surface area contributed by atoms with Crippen molar-refractivity contribution in [3.63, 3.8) is 0 Å². The molecule has 0 heterocycles. The molecule has 0 saturated heterocycles. The zero-order valence-electron chi connectivity index (χ0n) is 12.1. The summed E-state index contributed by atoms with van der Waals surface area (Å²) < 4.78 is 24.3. The fraction of sp³-hybridized carbons (Fsp3) is 0.462. The van der Waals surface area contributed by atoms with E-state index in [1.165, 1.54) is 24.3 Å². The second-order valence-electron chi connectivity index (χ2n) is 4.58. The monoisotopic (exact) mass is 331 g/mol. The molecule has 1 unspecified atom stereocenters. The number of nitrogens with one attached hydrogen (secondary N) is 1. The van der Waals surface area contributed by atoms with Gasteiger partial charge in [0.05, 0.1) is 10.6 Å². The molecular formula is C13H21N3O3S2. The molecule has 0 bridgehead atoms. The van der Waals surface area contributed by atoms with Crippen molar-refractivity contribution in [2.45, 2.75) is 17.1 Å². The summed E-state index contributed by atoms with van der Waals surface area (Å²) in [6.45, 7) is 3.27. The van der Waals surface area contributed by atoms with Crippen molar-refractivity contribution in [2.75, 3.05) is 25.1 Å². The molecule has 118 valence electrons. The zero-order valence-corrected chi connectivity index (χ0v) is 13.7.